The number of fused-ring (bicyclic) bond motifs is 1. The first-order chi connectivity index (χ1) is 18.7. The van der Waals surface area contributed by atoms with E-state index >= 15 is 0 Å². The summed E-state index contributed by atoms with van der Waals surface area (Å²) in [6.07, 6.45) is 27.7. The quantitative estimate of drug-likeness (QED) is 0.162. The van der Waals surface area contributed by atoms with E-state index in [0.717, 1.165) is 17.6 Å². The molecule has 0 spiro atoms. The number of rotatable bonds is 13. The average Bonchev–Trinajstić information content (AvgIpc) is 3.61. The molecule has 3 heteroatoms. The molecule has 0 saturated heterocycles. The van der Waals surface area contributed by atoms with Crippen molar-refractivity contribution in [3.05, 3.63) is 47.6 Å². The third kappa shape index (κ3) is 7.38. The molecule has 220 valence electrons. The van der Waals surface area contributed by atoms with Crippen molar-refractivity contribution in [2.45, 2.75) is 148 Å². The van der Waals surface area contributed by atoms with E-state index < -0.39 is 12.2 Å². The van der Waals surface area contributed by atoms with Crippen LogP contribution in [0.3, 0.4) is 0 Å². The van der Waals surface area contributed by atoms with Crippen LogP contribution >= 0.6 is 0 Å². The lowest BCUT2D eigenvalue weighted by atomic mass is 9.61. The zero-order chi connectivity index (χ0) is 28.0. The highest BCUT2D eigenvalue weighted by molar-refractivity contribution is 5.38. The molecule has 0 aromatic carbocycles. The maximum absolute atomic E-state index is 11.1. The van der Waals surface area contributed by atoms with E-state index in [4.69, 9.17) is 0 Å². The molecule has 0 bridgehead atoms. The second kappa shape index (κ2) is 13.7. The molecule has 3 N–H and O–H groups in total. The van der Waals surface area contributed by atoms with Crippen molar-refractivity contribution in [3.63, 3.8) is 0 Å². The van der Waals surface area contributed by atoms with Gasteiger partial charge in [-0.3, -0.25) is 0 Å². The van der Waals surface area contributed by atoms with Gasteiger partial charge in [0.2, 0.25) is 0 Å². The lowest BCUT2D eigenvalue weighted by Crippen LogP contribution is -2.35. The second-order valence-corrected chi connectivity index (χ2v) is 14.1. The molecule has 4 aliphatic rings. The largest absolute Gasteiger partial charge is 0.393 e. The van der Waals surface area contributed by atoms with Gasteiger partial charge in [-0.2, -0.15) is 0 Å². The monoisotopic (exact) mass is 538 g/mol. The third-order valence-electron chi connectivity index (χ3n) is 11.3. The molecule has 0 aromatic heterocycles. The van der Waals surface area contributed by atoms with E-state index in [1.807, 2.05) is 0 Å². The Kier molecular flexibility index (Phi) is 10.8. The minimum Gasteiger partial charge on any atom is -0.393 e. The Bertz CT molecular complexity index is 908. The molecule has 3 nitrogen and oxygen atoms in total. The number of hydrogen-bond donors (Lipinski definition) is 3. The van der Waals surface area contributed by atoms with Crippen molar-refractivity contribution in [1.29, 1.82) is 0 Å². The van der Waals surface area contributed by atoms with Crippen molar-refractivity contribution < 1.29 is 15.3 Å². The first-order valence-electron chi connectivity index (χ1n) is 16.5. The van der Waals surface area contributed by atoms with Crippen LogP contribution in [0.5, 0.6) is 0 Å². The maximum Gasteiger partial charge on any atom is 0.0811 e. The van der Waals surface area contributed by atoms with Crippen molar-refractivity contribution in [1.82, 2.24) is 0 Å². The van der Waals surface area contributed by atoms with Gasteiger partial charge in [-0.15, -0.1) is 0 Å². The van der Waals surface area contributed by atoms with E-state index in [2.05, 4.69) is 51.7 Å². The van der Waals surface area contributed by atoms with E-state index in [0.29, 0.717) is 36.0 Å². The molecule has 0 radical (unpaired) electrons. The smallest absolute Gasteiger partial charge is 0.0811 e. The van der Waals surface area contributed by atoms with Gasteiger partial charge in [-0.1, -0.05) is 102 Å². The van der Waals surface area contributed by atoms with Crippen molar-refractivity contribution >= 4 is 0 Å². The van der Waals surface area contributed by atoms with Gasteiger partial charge in [-0.05, 0) is 97.5 Å². The highest BCUT2D eigenvalue weighted by Crippen LogP contribution is 2.60. The van der Waals surface area contributed by atoms with Crippen LogP contribution in [0.15, 0.2) is 47.6 Å². The fraction of sp³-hybridized carbons (Fsp3) is 0.778. The molecular formula is C36H58O3. The van der Waals surface area contributed by atoms with Crippen molar-refractivity contribution in [2.75, 3.05) is 0 Å². The topological polar surface area (TPSA) is 60.7 Å². The van der Waals surface area contributed by atoms with Gasteiger partial charge in [0.25, 0.3) is 0 Å². The van der Waals surface area contributed by atoms with Crippen LogP contribution in [0.4, 0.5) is 0 Å². The van der Waals surface area contributed by atoms with E-state index in [9.17, 15) is 15.3 Å². The minimum absolute atomic E-state index is 0.167. The van der Waals surface area contributed by atoms with Gasteiger partial charge in [0, 0.05) is 6.42 Å². The second-order valence-electron chi connectivity index (χ2n) is 14.1. The first-order valence-corrected chi connectivity index (χ1v) is 16.5. The summed E-state index contributed by atoms with van der Waals surface area (Å²) in [4.78, 5) is 0. The summed E-state index contributed by atoms with van der Waals surface area (Å²) in [6, 6.07) is 0. The predicted molar refractivity (Wildman–Crippen MR) is 163 cm³/mol. The number of aliphatic hydroxyl groups excluding tert-OH is 3. The summed E-state index contributed by atoms with van der Waals surface area (Å²) >= 11 is 0. The molecule has 0 aliphatic heterocycles. The summed E-state index contributed by atoms with van der Waals surface area (Å²) in [5, 5.41) is 31.5. The lowest BCUT2D eigenvalue weighted by Gasteiger charge is -2.44. The normalized spacial score (nSPS) is 36.0. The zero-order valence-corrected chi connectivity index (χ0v) is 25.3. The highest BCUT2D eigenvalue weighted by atomic mass is 16.3. The average molecular weight is 539 g/mol. The molecule has 7 atom stereocenters. The molecule has 4 aliphatic carbocycles. The van der Waals surface area contributed by atoms with Gasteiger partial charge >= 0.3 is 0 Å². The Hall–Kier alpha value is -1.16. The number of hydrogen-bond acceptors (Lipinski definition) is 3. The molecule has 0 aromatic rings. The fourth-order valence-electron chi connectivity index (χ4n) is 8.52. The zero-order valence-electron chi connectivity index (χ0n) is 25.3. The number of allylic oxidation sites excluding steroid dienone is 4. The minimum atomic E-state index is -0.626. The number of aliphatic hydroxyl groups is 3. The Morgan fingerprint density at radius 3 is 2.41 bits per heavy atom. The van der Waals surface area contributed by atoms with Crippen LogP contribution in [-0.4, -0.2) is 33.6 Å². The Labute approximate surface area is 239 Å². The molecule has 4 fully saturated rings. The Balaban J connectivity index is 1.32. The molecule has 4 saturated carbocycles. The highest BCUT2D eigenvalue weighted by Gasteiger charge is 2.51. The van der Waals surface area contributed by atoms with E-state index in [-0.39, 0.29) is 11.5 Å². The predicted octanol–water partition coefficient (Wildman–Crippen LogP) is 8.60. The fourth-order valence-corrected chi connectivity index (χ4v) is 8.52. The van der Waals surface area contributed by atoms with Crippen LogP contribution in [0.1, 0.15) is 130 Å². The summed E-state index contributed by atoms with van der Waals surface area (Å²) in [5.41, 5.74) is 3.79. The first kappa shape index (κ1) is 30.8. The number of unbranched alkanes of at least 4 members (excludes halogenated alkanes) is 6. The molecule has 0 heterocycles. The summed E-state index contributed by atoms with van der Waals surface area (Å²) < 4.78 is 0. The molecule has 4 rings (SSSR count). The molecule has 0 unspecified atom stereocenters. The SMILES string of the molecule is C=C1C(=CC=C2CCC[C@]3(C)[C@@H]([C@H](C)C=C[C@H](O)C4(CCCCCCCCC)CC4)CC[C@@H]23)C[C@@H](O)C[C@@H]1O. The van der Waals surface area contributed by atoms with Crippen molar-refractivity contribution in [2.24, 2.45) is 28.6 Å². The van der Waals surface area contributed by atoms with Gasteiger partial charge in [-0.25, -0.2) is 0 Å². The van der Waals surface area contributed by atoms with Gasteiger partial charge < -0.3 is 15.3 Å². The summed E-state index contributed by atoms with van der Waals surface area (Å²) in [6.45, 7) is 11.3. The van der Waals surface area contributed by atoms with Crippen LogP contribution in [0, 0.1) is 28.6 Å². The van der Waals surface area contributed by atoms with Gasteiger partial charge in [0.05, 0.1) is 18.3 Å². The summed E-state index contributed by atoms with van der Waals surface area (Å²) in [7, 11) is 0. The Morgan fingerprint density at radius 2 is 1.69 bits per heavy atom. The van der Waals surface area contributed by atoms with E-state index in [1.54, 1.807) is 5.57 Å². The van der Waals surface area contributed by atoms with E-state index in [1.165, 1.54) is 89.9 Å². The molecule has 39 heavy (non-hydrogen) atoms. The van der Waals surface area contributed by atoms with Crippen LogP contribution in [-0.2, 0) is 0 Å². The maximum atomic E-state index is 11.1. The van der Waals surface area contributed by atoms with Crippen LogP contribution < -0.4 is 0 Å². The van der Waals surface area contributed by atoms with Crippen LogP contribution in [0.25, 0.3) is 0 Å². The van der Waals surface area contributed by atoms with Gasteiger partial charge in [0.15, 0.2) is 0 Å². The third-order valence-corrected chi connectivity index (χ3v) is 11.3. The Morgan fingerprint density at radius 1 is 0.974 bits per heavy atom. The lowest BCUT2D eigenvalue weighted by molar-refractivity contribution is 0.0862. The molecular weight excluding hydrogens is 480 g/mol. The van der Waals surface area contributed by atoms with Gasteiger partial charge in [0.1, 0.15) is 0 Å². The van der Waals surface area contributed by atoms with Crippen molar-refractivity contribution in [3.8, 4) is 0 Å². The van der Waals surface area contributed by atoms with Crippen LogP contribution in [0.2, 0.25) is 0 Å². The summed E-state index contributed by atoms with van der Waals surface area (Å²) in [5.74, 6) is 1.73. The molecule has 0 amide bonds. The standard InChI is InChI=1S/C36H58O3/c1-5-6-7-8-9-10-11-21-36(22-23-36)34(39)19-14-26(2)31-17-18-32-28(13-12-20-35(31,32)4)15-16-29-24-30(37)25-33(38)27(29)3/h14-16,19,26,30-34,37-39H,3,5-13,17-18,20-25H2,1-2,4H3/t26-,30-,31-,32+,33+,34+,35-/m1/s1.